The van der Waals surface area contributed by atoms with E-state index in [1.807, 2.05) is 24.5 Å². The van der Waals surface area contributed by atoms with Crippen LogP contribution in [0.2, 0.25) is 0 Å². The normalized spacial score (nSPS) is 16.1. The Balaban J connectivity index is 0.833. The molecule has 8 aromatic rings. The molecule has 4 heterocycles. The molecule has 2 atom stereocenters. The fourth-order valence-corrected chi connectivity index (χ4v) is 7.98. The van der Waals surface area contributed by atoms with Crippen molar-refractivity contribution in [1.82, 2.24) is 14.5 Å². The van der Waals surface area contributed by atoms with Crippen LogP contribution in [0, 0.1) is 0 Å². The zero-order valence-corrected chi connectivity index (χ0v) is 28.0. The van der Waals surface area contributed by atoms with Crippen molar-refractivity contribution in [3.63, 3.8) is 0 Å². The van der Waals surface area contributed by atoms with E-state index < -0.39 is 0 Å². The Labute approximate surface area is 297 Å². The smallest absolute Gasteiger partial charge is 0.0963 e. The molecular weight excluding hydrogens is 621 g/mol. The number of benzene rings is 5. The summed E-state index contributed by atoms with van der Waals surface area (Å²) in [6, 6.07) is 52.9. The van der Waals surface area contributed by atoms with E-state index in [9.17, 15) is 0 Å². The van der Waals surface area contributed by atoms with Gasteiger partial charge in [0.2, 0.25) is 0 Å². The molecule has 0 fully saturated rings. The van der Waals surface area contributed by atoms with E-state index in [1.54, 1.807) is 0 Å². The Bertz CT molecular complexity index is 2540. The van der Waals surface area contributed by atoms with Crippen molar-refractivity contribution in [3.8, 4) is 27.9 Å². The molecule has 10 rings (SSSR count). The summed E-state index contributed by atoms with van der Waals surface area (Å²) >= 11 is 0. The van der Waals surface area contributed by atoms with E-state index >= 15 is 0 Å². The minimum absolute atomic E-state index is 0.259. The predicted octanol–water partition coefficient (Wildman–Crippen LogP) is 11.2. The Morgan fingerprint density at radius 3 is 1.76 bits per heavy atom. The molecule has 0 spiro atoms. The molecule has 0 radical (unpaired) electrons. The molecule has 2 unspecified atom stereocenters. The molecule has 242 valence electrons. The molecule has 5 aromatic carbocycles. The monoisotopic (exact) mass is 654 g/mol. The Kier molecular flexibility index (Phi) is 6.98. The van der Waals surface area contributed by atoms with Gasteiger partial charge in [0.1, 0.15) is 0 Å². The van der Waals surface area contributed by atoms with Gasteiger partial charge in [0, 0.05) is 35.1 Å². The van der Waals surface area contributed by atoms with Gasteiger partial charge in [0.25, 0.3) is 0 Å². The quantitative estimate of drug-likeness (QED) is 0.179. The summed E-state index contributed by atoms with van der Waals surface area (Å²) in [5.41, 5.74) is 15.5. The van der Waals surface area contributed by atoms with E-state index in [2.05, 4.69) is 172 Å². The van der Waals surface area contributed by atoms with Gasteiger partial charge in [-0.2, -0.15) is 0 Å². The van der Waals surface area contributed by atoms with Crippen molar-refractivity contribution in [3.05, 3.63) is 199 Å². The van der Waals surface area contributed by atoms with Crippen LogP contribution in [0.3, 0.4) is 0 Å². The highest BCUT2D eigenvalue weighted by Gasteiger charge is 2.38. The van der Waals surface area contributed by atoms with Crippen molar-refractivity contribution in [2.75, 3.05) is 4.90 Å². The fraction of sp³-hybridized carbons (Fsp3) is 0.0638. The van der Waals surface area contributed by atoms with Gasteiger partial charge in [-0.3, -0.25) is 9.97 Å². The SMILES string of the molecule is C1=CC2c3ncccc3N(c3ccc(-c4ccc(Cc5ccc(-c6ccc(-n7c8ccccc8c8ncccc87)cc6)cc5)cc4)cc3)C2C=C1. The predicted molar refractivity (Wildman–Crippen MR) is 210 cm³/mol. The average Bonchev–Trinajstić information content (AvgIpc) is 3.72. The molecule has 3 aromatic heterocycles. The molecule has 1 aliphatic carbocycles. The molecular formula is C47H34N4. The minimum Gasteiger partial charge on any atom is -0.332 e. The summed E-state index contributed by atoms with van der Waals surface area (Å²) in [5, 5.41) is 1.17. The lowest BCUT2D eigenvalue weighted by Crippen LogP contribution is -2.28. The molecule has 2 aliphatic rings. The Hall–Kier alpha value is -6.52. The topological polar surface area (TPSA) is 34.0 Å². The van der Waals surface area contributed by atoms with Crippen molar-refractivity contribution >= 4 is 33.3 Å². The maximum atomic E-state index is 4.74. The molecule has 0 saturated carbocycles. The highest BCUT2D eigenvalue weighted by atomic mass is 15.2. The van der Waals surface area contributed by atoms with E-state index in [1.165, 1.54) is 55.7 Å². The number of aromatic nitrogens is 3. The molecule has 4 heteroatoms. The van der Waals surface area contributed by atoms with Crippen LogP contribution >= 0.6 is 0 Å². The zero-order valence-electron chi connectivity index (χ0n) is 28.0. The number of hydrogen-bond acceptors (Lipinski definition) is 3. The van der Waals surface area contributed by atoms with Gasteiger partial charge in [-0.25, -0.2) is 0 Å². The number of rotatable bonds is 6. The molecule has 51 heavy (non-hydrogen) atoms. The number of hydrogen-bond donors (Lipinski definition) is 0. The first-order chi connectivity index (χ1) is 25.3. The zero-order chi connectivity index (χ0) is 33.7. The molecule has 0 amide bonds. The van der Waals surface area contributed by atoms with E-state index in [-0.39, 0.29) is 12.0 Å². The average molecular weight is 655 g/mol. The Morgan fingerprint density at radius 1 is 0.490 bits per heavy atom. The van der Waals surface area contributed by atoms with Crippen molar-refractivity contribution in [1.29, 1.82) is 0 Å². The van der Waals surface area contributed by atoms with Gasteiger partial charge < -0.3 is 9.47 Å². The molecule has 0 bridgehead atoms. The summed E-state index contributed by atoms with van der Waals surface area (Å²) in [4.78, 5) is 11.8. The molecule has 0 saturated heterocycles. The third kappa shape index (κ3) is 5.07. The highest BCUT2D eigenvalue weighted by Crippen LogP contribution is 2.46. The number of fused-ring (bicyclic) bond motifs is 6. The highest BCUT2D eigenvalue weighted by molar-refractivity contribution is 6.06. The molecule has 0 N–H and O–H groups in total. The summed E-state index contributed by atoms with van der Waals surface area (Å²) in [6.07, 6.45) is 13.5. The lowest BCUT2D eigenvalue weighted by Gasteiger charge is -2.28. The lowest BCUT2D eigenvalue weighted by atomic mass is 9.94. The second kappa shape index (κ2) is 12.1. The first-order valence-electron chi connectivity index (χ1n) is 17.6. The van der Waals surface area contributed by atoms with Crippen molar-refractivity contribution in [2.24, 2.45) is 0 Å². The van der Waals surface area contributed by atoms with Crippen LogP contribution in [0.15, 0.2) is 182 Å². The molecule has 1 aliphatic heterocycles. The summed E-state index contributed by atoms with van der Waals surface area (Å²) < 4.78 is 2.30. The van der Waals surface area contributed by atoms with Crippen LogP contribution in [-0.4, -0.2) is 20.6 Å². The third-order valence-electron chi connectivity index (χ3n) is 10.5. The van der Waals surface area contributed by atoms with Crippen LogP contribution in [-0.2, 0) is 6.42 Å². The van der Waals surface area contributed by atoms with Gasteiger partial charge in [-0.05, 0) is 94.4 Å². The second-order valence-corrected chi connectivity index (χ2v) is 13.5. The minimum atomic E-state index is 0.259. The summed E-state index contributed by atoms with van der Waals surface area (Å²) in [7, 11) is 0. The van der Waals surface area contributed by atoms with E-state index in [0.717, 1.165) is 28.8 Å². The van der Waals surface area contributed by atoms with Crippen LogP contribution in [0.5, 0.6) is 0 Å². The first kappa shape index (κ1) is 29.4. The van der Waals surface area contributed by atoms with E-state index in [4.69, 9.17) is 4.98 Å². The van der Waals surface area contributed by atoms with Gasteiger partial charge in [-0.1, -0.05) is 115 Å². The largest absolute Gasteiger partial charge is 0.332 e. The van der Waals surface area contributed by atoms with Crippen LogP contribution < -0.4 is 4.90 Å². The van der Waals surface area contributed by atoms with Crippen LogP contribution in [0.4, 0.5) is 11.4 Å². The number of allylic oxidation sites excluding steroid dienone is 2. The fourth-order valence-electron chi connectivity index (χ4n) is 7.98. The van der Waals surface area contributed by atoms with Crippen molar-refractivity contribution in [2.45, 2.75) is 18.4 Å². The first-order valence-corrected chi connectivity index (χ1v) is 17.6. The van der Waals surface area contributed by atoms with Gasteiger partial charge in [0.15, 0.2) is 0 Å². The second-order valence-electron chi connectivity index (χ2n) is 13.5. The number of para-hydroxylation sites is 1. The number of anilines is 2. The van der Waals surface area contributed by atoms with Gasteiger partial charge in [0.05, 0.1) is 34.0 Å². The molecule has 4 nitrogen and oxygen atoms in total. The van der Waals surface area contributed by atoms with E-state index in [0.29, 0.717) is 0 Å². The summed E-state index contributed by atoms with van der Waals surface area (Å²) in [6.45, 7) is 0. The third-order valence-corrected chi connectivity index (χ3v) is 10.5. The number of pyridine rings is 2. The van der Waals surface area contributed by atoms with Crippen LogP contribution in [0.1, 0.15) is 22.7 Å². The summed E-state index contributed by atoms with van der Waals surface area (Å²) in [5.74, 6) is 0.289. The standard InChI is InChI=1S/C47H34N4/c1-3-9-42-40(7-1)46-44(11-5-29-48-46)50(42)38-25-21-36(22-26-38)34-17-13-32(14-18-34)31-33-15-19-35(20-16-33)37-23-27-39(28-24-37)51-43-10-4-2-8-41(43)47-45(51)12-6-30-49-47/h1-30,40,42H,31H2. The van der Waals surface area contributed by atoms with Gasteiger partial charge in [-0.15, -0.1) is 0 Å². The Morgan fingerprint density at radius 2 is 1.06 bits per heavy atom. The maximum absolute atomic E-state index is 4.74. The number of nitrogens with zero attached hydrogens (tertiary/aromatic N) is 4. The lowest BCUT2D eigenvalue weighted by molar-refractivity contribution is 0.732. The maximum Gasteiger partial charge on any atom is 0.0963 e. The van der Waals surface area contributed by atoms with Gasteiger partial charge >= 0.3 is 0 Å². The van der Waals surface area contributed by atoms with Crippen LogP contribution in [0.25, 0.3) is 49.9 Å². The van der Waals surface area contributed by atoms with Crippen molar-refractivity contribution < 1.29 is 0 Å².